The predicted octanol–water partition coefficient (Wildman–Crippen LogP) is 2.51. The summed E-state index contributed by atoms with van der Waals surface area (Å²) in [5.74, 6) is 0.415. The largest absolute Gasteiger partial charge is 0.485 e. The predicted molar refractivity (Wildman–Crippen MR) is 83.1 cm³/mol. The first kappa shape index (κ1) is 15.0. The minimum atomic E-state index is -0.769. The van der Waals surface area contributed by atoms with Crippen LogP contribution in [0.1, 0.15) is 12.5 Å². The van der Waals surface area contributed by atoms with Crippen LogP contribution in [0, 0.1) is 5.82 Å². The fourth-order valence-electron chi connectivity index (χ4n) is 2.12. The summed E-state index contributed by atoms with van der Waals surface area (Å²) in [6.45, 7) is 1.84. The number of hydrogen-bond donors (Lipinski definition) is 1. The maximum absolute atomic E-state index is 12.9. The van der Waals surface area contributed by atoms with Gasteiger partial charge < -0.3 is 9.47 Å². The molecule has 1 amide bonds. The second-order valence-corrected chi connectivity index (χ2v) is 5.04. The standard InChI is InChI=1S/C17H15FN2O3/c1-11(12-6-8-13(18)9-7-12)19-20-17(21)16-10-22-14-4-2-3-5-15(14)23-16/h2-9,16H,10H2,1H3,(H,20,21)/b19-11+. The fourth-order valence-corrected chi connectivity index (χ4v) is 2.12. The Bertz CT molecular complexity index is 744. The van der Waals surface area contributed by atoms with Crippen LogP contribution < -0.4 is 14.9 Å². The second-order valence-electron chi connectivity index (χ2n) is 5.04. The van der Waals surface area contributed by atoms with Crippen molar-refractivity contribution in [3.05, 3.63) is 59.9 Å². The number of halogens is 1. The molecule has 1 unspecified atom stereocenters. The van der Waals surface area contributed by atoms with Crippen molar-refractivity contribution in [1.82, 2.24) is 5.43 Å². The van der Waals surface area contributed by atoms with E-state index in [2.05, 4.69) is 10.5 Å². The number of fused-ring (bicyclic) bond motifs is 1. The van der Waals surface area contributed by atoms with Crippen molar-refractivity contribution in [3.63, 3.8) is 0 Å². The minimum absolute atomic E-state index is 0.119. The first-order valence-electron chi connectivity index (χ1n) is 7.12. The lowest BCUT2D eigenvalue weighted by Gasteiger charge is -2.24. The molecule has 0 saturated heterocycles. The molecule has 118 valence electrons. The van der Waals surface area contributed by atoms with Gasteiger partial charge in [-0.25, -0.2) is 9.82 Å². The monoisotopic (exact) mass is 314 g/mol. The Morgan fingerprint density at radius 1 is 1.17 bits per heavy atom. The summed E-state index contributed by atoms with van der Waals surface area (Å²) < 4.78 is 24.0. The Balaban J connectivity index is 1.63. The smallest absolute Gasteiger partial charge is 0.284 e. The number of rotatable bonds is 3. The molecule has 0 spiro atoms. The lowest BCUT2D eigenvalue weighted by atomic mass is 10.1. The summed E-state index contributed by atoms with van der Waals surface area (Å²) in [5.41, 5.74) is 3.73. The molecule has 2 aromatic carbocycles. The number of carbonyl (C=O) groups excluding carboxylic acids is 1. The molecule has 1 aliphatic rings. The highest BCUT2D eigenvalue weighted by Gasteiger charge is 2.27. The maximum Gasteiger partial charge on any atom is 0.284 e. The third-order valence-electron chi connectivity index (χ3n) is 3.40. The number of nitrogens with one attached hydrogen (secondary N) is 1. The van der Waals surface area contributed by atoms with E-state index in [1.54, 1.807) is 37.3 Å². The zero-order chi connectivity index (χ0) is 16.2. The van der Waals surface area contributed by atoms with Gasteiger partial charge in [-0.1, -0.05) is 24.3 Å². The van der Waals surface area contributed by atoms with Crippen molar-refractivity contribution in [1.29, 1.82) is 0 Å². The van der Waals surface area contributed by atoms with Crippen molar-refractivity contribution in [2.75, 3.05) is 6.61 Å². The van der Waals surface area contributed by atoms with Crippen molar-refractivity contribution < 1.29 is 18.7 Å². The third-order valence-corrected chi connectivity index (χ3v) is 3.40. The van der Waals surface area contributed by atoms with Gasteiger partial charge in [-0.15, -0.1) is 0 Å². The number of para-hydroxylation sites is 2. The van der Waals surface area contributed by atoms with Gasteiger partial charge in [0.15, 0.2) is 11.5 Å². The lowest BCUT2D eigenvalue weighted by molar-refractivity contribution is -0.130. The normalized spacial score (nSPS) is 16.8. The van der Waals surface area contributed by atoms with Crippen molar-refractivity contribution in [2.24, 2.45) is 5.10 Å². The Kier molecular flexibility index (Phi) is 4.23. The van der Waals surface area contributed by atoms with Crippen LogP contribution in [0.3, 0.4) is 0 Å². The van der Waals surface area contributed by atoms with E-state index in [4.69, 9.17) is 9.47 Å². The van der Waals surface area contributed by atoms with E-state index in [0.29, 0.717) is 17.2 Å². The highest BCUT2D eigenvalue weighted by molar-refractivity contribution is 5.99. The van der Waals surface area contributed by atoms with Crippen LogP contribution in [0.15, 0.2) is 53.6 Å². The molecule has 6 heteroatoms. The molecular weight excluding hydrogens is 299 g/mol. The van der Waals surface area contributed by atoms with Crippen LogP contribution in [0.4, 0.5) is 4.39 Å². The lowest BCUT2D eigenvalue weighted by Crippen LogP contribution is -2.42. The van der Waals surface area contributed by atoms with Crippen LogP contribution in [0.25, 0.3) is 0 Å². The summed E-state index contributed by atoms with van der Waals surface area (Å²) in [6, 6.07) is 13.0. The molecule has 1 heterocycles. The van der Waals surface area contributed by atoms with Crippen LogP contribution in [-0.4, -0.2) is 24.3 Å². The van der Waals surface area contributed by atoms with Crippen LogP contribution in [0.5, 0.6) is 11.5 Å². The van der Waals surface area contributed by atoms with Gasteiger partial charge in [-0.2, -0.15) is 5.10 Å². The molecule has 2 aromatic rings. The zero-order valence-corrected chi connectivity index (χ0v) is 12.5. The second kappa shape index (κ2) is 6.48. The molecule has 5 nitrogen and oxygen atoms in total. The minimum Gasteiger partial charge on any atom is -0.485 e. The molecule has 0 bridgehead atoms. The highest BCUT2D eigenvalue weighted by Crippen LogP contribution is 2.30. The van der Waals surface area contributed by atoms with E-state index in [1.165, 1.54) is 12.1 Å². The van der Waals surface area contributed by atoms with E-state index in [1.807, 2.05) is 6.07 Å². The van der Waals surface area contributed by atoms with Gasteiger partial charge in [0.1, 0.15) is 12.4 Å². The summed E-state index contributed by atoms with van der Waals surface area (Å²) in [4.78, 5) is 12.1. The Morgan fingerprint density at radius 2 is 1.87 bits per heavy atom. The summed E-state index contributed by atoms with van der Waals surface area (Å²) in [6.07, 6.45) is -0.769. The molecule has 0 aliphatic carbocycles. The average Bonchev–Trinajstić information content (AvgIpc) is 2.59. The van der Waals surface area contributed by atoms with Gasteiger partial charge >= 0.3 is 0 Å². The quantitative estimate of drug-likeness (QED) is 0.699. The number of hydrazone groups is 1. The summed E-state index contributed by atoms with van der Waals surface area (Å²) >= 11 is 0. The first-order valence-corrected chi connectivity index (χ1v) is 7.12. The SMILES string of the molecule is C/C(=N\NC(=O)C1COc2ccccc2O1)c1ccc(F)cc1. The topological polar surface area (TPSA) is 59.9 Å². The number of benzene rings is 2. The van der Waals surface area contributed by atoms with Gasteiger partial charge in [0, 0.05) is 0 Å². The van der Waals surface area contributed by atoms with E-state index >= 15 is 0 Å². The maximum atomic E-state index is 12.9. The van der Waals surface area contributed by atoms with Crippen LogP contribution >= 0.6 is 0 Å². The van der Waals surface area contributed by atoms with Crippen LogP contribution in [0.2, 0.25) is 0 Å². The molecule has 3 rings (SSSR count). The van der Waals surface area contributed by atoms with Crippen LogP contribution in [-0.2, 0) is 4.79 Å². The van der Waals surface area contributed by atoms with Crippen molar-refractivity contribution in [3.8, 4) is 11.5 Å². The molecule has 1 atom stereocenters. The molecule has 0 radical (unpaired) electrons. The number of hydrogen-bond acceptors (Lipinski definition) is 4. The van der Waals surface area contributed by atoms with Gasteiger partial charge in [0.2, 0.25) is 6.10 Å². The van der Waals surface area contributed by atoms with Gasteiger partial charge in [-0.05, 0) is 36.8 Å². The fraction of sp³-hybridized carbons (Fsp3) is 0.176. The molecule has 1 aliphatic heterocycles. The summed E-state index contributed by atoms with van der Waals surface area (Å²) in [7, 11) is 0. The van der Waals surface area contributed by atoms with E-state index in [9.17, 15) is 9.18 Å². The Morgan fingerprint density at radius 3 is 2.61 bits per heavy atom. The number of nitrogens with zero attached hydrogens (tertiary/aromatic N) is 1. The molecule has 1 N–H and O–H groups in total. The first-order chi connectivity index (χ1) is 11.1. The molecule has 23 heavy (non-hydrogen) atoms. The molecule has 0 aromatic heterocycles. The van der Waals surface area contributed by atoms with E-state index in [-0.39, 0.29) is 12.4 Å². The molecular formula is C17H15FN2O3. The molecule has 0 fully saturated rings. The highest BCUT2D eigenvalue weighted by atomic mass is 19.1. The molecule has 0 saturated carbocycles. The zero-order valence-electron chi connectivity index (χ0n) is 12.5. The van der Waals surface area contributed by atoms with Gasteiger partial charge in [0.25, 0.3) is 5.91 Å². The van der Waals surface area contributed by atoms with Crippen molar-refractivity contribution >= 4 is 11.6 Å². The van der Waals surface area contributed by atoms with Crippen molar-refractivity contribution in [2.45, 2.75) is 13.0 Å². The van der Waals surface area contributed by atoms with Gasteiger partial charge in [0.05, 0.1) is 5.71 Å². The van der Waals surface area contributed by atoms with Gasteiger partial charge in [-0.3, -0.25) is 4.79 Å². The van der Waals surface area contributed by atoms with E-state index in [0.717, 1.165) is 5.56 Å². The summed E-state index contributed by atoms with van der Waals surface area (Å²) in [5, 5.41) is 4.01. The Hall–Kier alpha value is -2.89. The number of ether oxygens (including phenoxy) is 2. The Labute approximate surface area is 132 Å². The number of carbonyl (C=O) groups is 1. The average molecular weight is 314 g/mol. The number of amides is 1. The third kappa shape index (κ3) is 3.48. The van der Waals surface area contributed by atoms with E-state index < -0.39 is 12.0 Å².